The van der Waals surface area contributed by atoms with Crippen LogP contribution in [0.1, 0.15) is 50.0 Å². The van der Waals surface area contributed by atoms with Crippen molar-refractivity contribution in [2.75, 3.05) is 13.2 Å². The zero-order valence-electron chi connectivity index (χ0n) is 14.4. The maximum absolute atomic E-state index is 11.6. The zero-order valence-corrected chi connectivity index (χ0v) is 16.7. The highest BCUT2D eigenvalue weighted by Crippen LogP contribution is 2.07. The van der Waals surface area contributed by atoms with E-state index in [1.54, 1.807) is 19.1 Å². The van der Waals surface area contributed by atoms with Crippen LogP contribution in [-0.4, -0.2) is 31.1 Å². The minimum absolute atomic E-state index is 0. The summed E-state index contributed by atoms with van der Waals surface area (Å²) in [5.41, 5.74) is 1.62. The Labute approximate surface area is 156 Å². The predicted molar refractivity (Wildman–Crippen MR) is 106 cm³/mol. The number of carbonyl (C=O) groups is 1. The van der Waals surface area contributed by atoms with E-state index >= 15 is 0 Å². The van der Waals surface area contributed by atoms with Crippen LogP contribution < -0.4 is 10.6 Å². The van der Waals surface area contributed by atoms with Gasteiger partial charge in [-0.15, -0.1) is 24.0 Å². The monoisotopic (exact) mass is 433 g/mol. The second-order valence-corrected chi connectivity index (χ2v) is 5.07. The van der Waals surface area contributed by atoms with Gasteiger partial charge in [0.1, 0.15) is 0 Å². The van der Waals surface area contributed by atoms with Gasteiger partial charge < -0.3 is 15.4 Å². The molecule has 0 aliphatic rings. The van der Waals surface area contributed by atoms with Gasteiger partial charge in [-0.25, -0.2) is 9.79 Å². The first kappa shape index (κ1) is 21.7. The maximum atomic E-state index is 11.6. The molecule has 0 aliphatic carbocycles. The van der Waals surface area contributed by atoms with Crippen molar-refractivity contribution in [1.82, 2.24) is 10.6 Å². The smallest absolute Gasteiger partial charge is 0.338 e. The van der Waals surface area contributed by atoms with E-state index in [0.717, 1.165) is 24.5 Å². The number of benzene rings is 1. The second-order valence-electron chi connectivity index (χ2n) is 5.07. The fourth-order valence-corrected chi connectivity index (χ4v) is 1.79. The third-order valence-corrected chi connectivity index (χ3v) is 3.22. The lowest BCUT2D eigenvalue weighted by Gasteiger charge is -2.16. The average molecular weight is 433 g/mol. The summed E-state index contributed by atoms with van der Waals surface area (Å²) < 4.78 is 4.97. The van der Waals surface area contributed by atoms with E-state index in [1.165, 1.54) is 0 Å². The molecule has 0 heterocycles. The molecule has 0 spiro atoms. The number of carbonyl (C=O) groups excluding carboxylic acids is 1. The van der Waals surface area contributed by atoms with Gasteiger partial charge in [0, 0.05) is 12.6 Å². The van der Waals surface area contributed by atoms with Crippen molar-refractivity contribution in [1.29, 1.82) is 0 Å². The van der Waals surface area contributed by atoms with Gasteiger partial charge >= 0.3 is 5.97 Å². The summed E-state index contributed by atoms with van der Waals surface area (Å²) in [6.45, 7) is 9.88. The Morgan fingerprint density at radius 3 is 2.39 bits per heavy atom. The molecule has 0 radical (unpaired) electrons. The molecule has 0 fully saturated rings. The van der Waals surface area contributed by atoms with Gasteiger partial charge in [-0.2, -0.15) is 0 Å². The van der Waals surface area contributed by atoms with Crippen molar-refractivity contribution in [3.8, 4) is 0 Å². The minimum atomic E-state index is -0.288. The van der Waals surface area contributed by atoms with Crippen molar-refractivity contribution in [2.45, 2.75) is 46.7 Å². The first-order valence-corrected chi connectivity index (χ1v) is 7.91. The highest BCUT2D eigenvalue weighted by atomic mass is 127. The molecule has 6 heteroatoms. The largest absolute Gasteiger partial charge is 0.462 e. The predicted octanol–water partition coefficient (Wildman–Crippen LogP) is 3.33. The Bertz CT molecular complexity index is 489. The molecule has 1 rings (SSSR count). The van der Waals surface area contributed by atoms with Crippen LogP contribution in [0, 0.1) is 0 Å². The van der Waals surface area contributed by atoms with Crippen LogP contribution in [0.5, 0.6) is 0 Å². The van der Waals surface area contributed by atoms with E-state index in [9.17, 15) is 4.79 Å². The number of ether oxygens (including phenoxy) is 1. The highest BCUT2D eigenvalue weighted by molar-refractivity contribution is 14.0. The third-order valence-electron chi connectivity index (χ3n) is 3.22. The average Bonchev–Trinajstić information content (AvgIpc) is 2.53. The number of esters is 1. The summed E-state index contributed by atoms with van der Waals surface area (Å²) in [7, 11) is 0. The van der Waals surface area contributed by atoms with Crippen LogP contribution in [0.4, 0.5) is 0 Å². The molecule has 0 saturated carbocycles. The summed E-state index contributed by atoms with van der Waals surface area (Å²) in [4.78, 5) is 16.2. The molecule has 5 nitrogen and oxygen atoms in total. The number of aliphatic imine (C=N–C) groups is 1. The van der Waals surface area contributed by atoms with Crippen LogP contribution in [0.3, 0.4) is 0 Å². The maximum Gasteiger partial charge on any atom is 0.338 e. The van der Waals surface area contributed by atoms with Gasteiger partial charge in [-0.3, -0.25) is 0 Å². The number of rotatable bonds is 7. The van der Waals surface area contributed by atoms with Gasteiger partial charge in [0.05, 0.1) is 18.7 Å². The fraction of sp³-hybridized carbons (Fsp3) is 0.529. The van der Waals surface area contributed by atoms with Gasteiger partial charge in [0.15, 0.2) is 5.96 Å². The molecule has 130 valence electrons. The standard InChI is InChI=1S/C17H27N3O2.HI/c1-5-13(4)20-17(18-6-2)19-12-14-8-10-15(11-9-14)16(21)22-7-3;/h8-11,13H,5-7,12H2,1-4H3,(H2,18,19,20);1H. The highest BCUT2D eigenvalue weighted by Gasteiger charge is 2.06. The number of nitrogens with one attached hydrogen (secondary N) is 2. The molecular formula is C17H28IN3O2. The number of hydrogen-bond acceptors (Lipinski definition) is 3. The molecule has 1 atom stereocenters. The quantitative estimate of drug-likeness (QED) is 0.300. The second kappa shape index (κ2) is 12.2. The van der Waals surface area contributed by atoms with E-state index in [0.29, 0.717) is 24.8 Å². The van der Waals surface area contributed by atoms with E-state index < -0.39 is 0 Å². The van der Waals surface area contributed by atoms with Gasteiger partial charge in [-0.1, -0.05) is 19.1 Å². The van der Waals surface area contributed by atoms with E-state index in [1.807, 2.05) is 19.1 Å². The number of halogens is 1. The van der Waals surface area contributed by atoms with Crippen LogP contribution in [0.25, 0.3) is 0 Å². The number of guanidine groups is 1. The van der Waals surface area contributed by atoms with E-state index in [4.69, 9.17) is 4.74 Å². The number of hydrogen-bond donors (Lipinski definition) is 2. The molecule has 0 bridgehead atoms. The fourth-order valence-electron chi connectivity index (χ4n) is 1.79. The summed E-state index contributed by atoms with van der Waals surface area (Å²) in [6, 6.07) is 7.74. The van der Waals surface area contributed by atoms with Gasteiger partial charge in [-0.05, 0) is 44.9 Å². The molecular weight excluding hydrogens is 405 g/mol. The van der Waals surface area contributed by atoms with Crippen molar-refractivity contribution >= 4 is 35.9 Å². The molecule has 0 aromatic heterocycles. The summed E-state index contributed by atoms with van der Waals surface area (Å²) in [5, 5.41) is 6.58. The van der Waals surface area contributed by atoms with Gasteiger partial charge in [0.2, 0.25) is 0 Å². The van der Waals surface area contributed by atoms with Crippen molar-refractivity contribution in [3.63, 3.8) is 0 Å². The Kier molecular flexibility index (Phi) is 11.5. The van der Waals surface area contributed by atoms with Crippen LogP contribution in [0.15, 0.2) is 29.3 Å². The summed E-state index contributed by atoms with van der Waals surface area (Å²) >= 11 is 0. The molecule has 2 N–H and O–H groups in total. The Morgan fingerprint density at radius 2 is 1.87 bits per heavy atom. The summed E-state index contributed by atoms with van der Waals surface area (Å²) in [5.74, 6) is 0.524. The Hall–Kier alpha value is -1.31. The molecule has 23 heavy (non-hydrogen) atoms. The van der Waals surface area contributed by atoms with Crippen LogP contribution in [0.2, 0.25) is 0 Å². The Morgan fingerprint density at radius 1 is 1.22 bits per heavy atom. The molecule has 0 amide bonds. The lowest BCUT2D eigenvalue weighted by atomic mass is 10.1. The molecule has 0 saturated heterocycles. The van der Waals surface area contributed by atoms with E-state index in [-0.39, 0.29) is 29.9 Å². The molecule has 1 aromatic carbocycles. The normalized spacial score (nSPS) is 12.1. The Balaban J connectivity index is 0.00000484. The third kappa shape index (κ3) is 8.20. The molecule has 1 aromatic rings. The first-order valence-electron chi connectivity index (χ1n) is 7.91. The zero-order chi connectivity index (χ0) is 16.4. The first-order chi connectivity index (χ1) is 10.6. The summed E-state index contributed by atoms with van der Waals surface area (Å²) in [6.07, 6.45) is 1.04. The van der Waals surface area contributed by atoms with Crippen LogP contribution in [-0.2, 0) is 11.3 Å². The lowest BCUT2D eigenvalue weighted by molar-refractivity contribution is 0.0526. The molecule has 1 unspecified atom stereocenters. The van der Waals surface area contributed by atoms with Crippen molar-refractivity contribution < 1.29 is 9.53 Å². The lowest BCUT2D eigenvalue weighted by Crippen LogP contribution is -2.41. The topological polar surface area (TPSA) is 62.7 Å². The van der Waals surface area contributed by atoms with E-state index in [2.05, 4.69) is 29.5 Å². The van der Waals surface area contributed by atoms with Crippen LogP contribution >= 0.6 is 24.0 Å². The molecule has 0 aliphatic heterocycles. The van der Waals surface area contributed by atoms with Crippen molar-refractivity contribution in [3.05, 3.63) is 35.4 Å². The van der Waals surface area contributed by atoms with Gasteiger partial charge in [0.25, 0.3) is 0 Å². The number of nitrogens with zero attached hydrogens (tertiary/aromatic N) is 1. The SMILES string of the molecule is CCNC(=NCc1ccc(C(=O)OCC)cc1)NC(C)CC.I. The minimum Gasteiger partial charge on any atom is -0.462 e. The van der Waals surface area contributed by atoms with Crippen molar-refractivity contribution in [2.24, 2.45) is 4.99 Å².